The molecule has 0 amide bonds. The van der Waals surface area contributed by atoms with Crippen LogP contribution in [0.15, 0.2) is 17.5 Å². The minimum absolute atomic E-state index is 0.0463. The molecule has 56 valence electrons. The molecule has 1 aromatic rings. The van der Waals surface area contributed by atoms with Crippen molar-refractivity contribution < 1.29 is 4.74 Å². The highest BCUT2D eigenvalue weighted by atomic mass is 32.1. The van der Waals surface area contributed by atoms with E-state index in [1.807, 2.05) is 17.5 Å². The Balaban J connectivity index is 2.50. The van der Waals surface area contributed by atoms with Crippen LogP contribution in [0.3, 0.4) is 0 Å². The lowest BCUT2D eigenvalue weighted by Gasteiger charge is -2.06. The van der Waals surface area contributed by atoms with Gasteiger partial charge in [0.25, 0.3) is 0 Å². The number of ether oxygens (including phenoxy) is 1. The quantitative estimate of drug-likeness (QED) is 0.719. The molecule has 0 spiro atoms. The number of rotatable bonds is 3. The van der Waals surface area contributed by atoms with Gasteiger partial charge in [-0.15, -0.1) is 11.3 Å². The van der Waals surface area contributed by atoms with Gasteiger partial charge in [0.2, 0.25) is 0 Å². The van der Waals surface area contributed by atoms with Crippen LogP contribution in [-0.4, -0.2) is 13.7 Å². The summed E-state index contributed by atoms with van der Waals surface area (Å²) in [4.78, 5) is 1.18. The highest BCUT2D eigenvalue weighted by Gasteiger charge is 2.04. The monoisotopic (exact) mass is 157 g/mol. The minimum atomic E-state index is 0.0463. The SMILES string of the molecule is COCC(N)c1cccs1. The fraction of sp³-hybridized carbons (Fsp3) is 0.429. The van der Waals surface area contributed by atoms with E-state index < -0.39 is 0 Å². The molecular weight excluding hydrogens is 146 g/mol. The molecule has 0 aromatic carbocycles. The second-order valence-electron chi connectivity index (χ2n) is 2.08. The van der Waals surface area contributed by atoms with Crippen LogP contribution in [0, 0.1) is 0 Å². The first-order valence-corrected chi connectivity index (χ1v) is 4.00. The number of methoxy groups -OCH3 is 1. The molecule has 1 rings (SSSR count). The highest BCUT2D eigenvalue weighted by Crippen LogP contribution is 2.16. The van der Waals surface area contributed by atoms with E-state index in [2.05, 4.69) is 0 Å². The van der Waals surface area contributed by atoms with Crippen molar-refractivity contribution in [3.63, 3.8) is 0 Å². The van der Waals surface area contributed by atoms with E-state index in [9.17, 15) is 0 Å². The average molecular weight is 157 g/mol. The van der Waals surface area contributed by atoms with Gasteiger partial charge in [-0.2, -0.15) is 0 Å². The van der Waals surface area contributed by atoms with Gasteiger partial charge in [0.1, 0.15) is 0 Å². The number of hydrogen-bond acceptors (Lipinski definition) is 3. The van der Waals surface area contributed by atoms with Crippen molar-refractivity contribution in [2.45, 2.75) is 6.04 Å². The predicted molar refractivity (Wildman–Crippen MR) is 43.1 cm³/mol. The highest BCUT2D eigenvalue weighted by molar-refractivity contribution is 7.10. The van der Waals surface area contributed by atoms with Crippen LogP contribution in [0.1, 0.15) is 10.9 Å². The Kier molecular flexibility index (Phi) is 2.86. The molecule has 0 aliphatic heterocycles. The number of thiophene rings is 1. The summed E-state index contributed by atoms with van der Waals surface area (Å²) in [6.07, 6.45) is 0. The van der Waals surface area contributed by atoms with Gasteiger partial charge in [-0.1, -0.05) is 6.07 Å². The Labute approximate surface area is 64.6 Å². The maximum Gasteiger partial charge on any atom is 0.0663 e. The molecule has 2 N–H and O–H groups in total. The summed E-state index contributed by atoms with van der Waals surface area (Å²) in [5.41, 5.74) is 5.74. The second kappa shape index (κ2) is 3.71. The predicted octanol–water partition coefficient (Wildman–Crippen LogP) is 1.39. The zero-order valence-electron chi connectivity index (χ0n) is 5.91. The minimum Gasteiger partial charge on any atom is -0.383 e. The van der Waals surface area contributed by atoms with Crippen molar-refractivity contribution in [2.75, 3.05) is 13.7 Å². The molecule has 1 atom stereocenters. The van der Waals surface area contributed by atoms with Crippen LogP contribution in [0.5, 0.6) is 0 Å². The Morgan fingerprint density at radius 1 is 1.80 bits per heavy atom. The van der Waals surface area contributed by atoms with E-state index in [-0.39, 0.29) is 6.04 Å². The molecule has 0 saturated carbocycles. The molecule has 0 fully saturated rings. The van der Waals surface area contributed by atoms with Gasteiger partial charge in [-0.25, -0.2) is 0 Å². The van der Waals surface area contributed by atoms with Crippen molar-refractivity contribution in [1.29, 1.82) is 0 Å². The maximum atomic E-state index is 5.74. The fourth-order valence-corrected chi connectivity index (χ4v) is 1.48. The summed E-state index contributed by atoms with van der Waals surface area (Å²) in [7, 11) is 1.66. The lowest BCUT2D eigenvalue weighted by Crippen LogP contribution is -2.14. The van der Waals surface area contributed by atoms with Gasteiger partial charge >= 0.3 is 0 Å². The molecule has 0 aliphatic carbocycles. The molecular formula is C7H11NOS. The van der Waals surface area contributed by atoms with Crippen molar-refractivity contribution in [3.05, 3.63) is 22.4 Å². The lowest BCUT2D eigenvalue weighted by molar-refractivity contribution is 0.182. The molecule has 0 radical (unpaired) electrons. The topological polar surface area (TPSA) is 35.2 Å². The van der Waals surface area contributed by atoms with E-state index in [0.717, 1.165) is 0 Å². The van der Waals surface area contributed by atoms with Crippen LogP contribution in [0.2, 0.25) is 0 Å². The summed E-state index contributed by atoms with van der Waals surface area (Å²) >= 11 is 1.67. The summed E-state index contributed by atoms with van der Waals surface area (Å²) in [6, 6.07) is 4.06. The van der Waals surface area contributed by atoms with Gasteiger partial charge in [0, 0.05) is 12.0 Å². The van der Waals surface area contributed by atoms with E-state index >= 15 is 0 Å². The van der Waals surface area contributed by atoms with Crippen molar-refractivity contribution in [1.82, 2.24) is 0 Å². The molecule has 2 nitrogen and oxygen atoms in total. The molecule has 10 heavy (non-hydrogen) atoms. The van der Waals surface area contributed by atoms with Crippen LogP contribution in [0.4, 0.5) is 0 Å². The van der Waals surface area contributed by atoms with E-state index in [0.29, 0.717) is 6.61 Å². The van der Waals surface area contributed by atoms with Crippen LogP contribution in [-0.2, 0) is 4.74 Å². The number of hydrogen-bond donors (Lipinski definition) is 1. The van der Waals surface area contributed by atoms with Crippen LogP contribution < -0.4 is 5.73 Å². The van der Waals surface area contributed by atoms with Gasteiger partial charge in [0.05, 0.1) is 12.6 Å². The Morgan fingerprint density at radius 2 is 2.60 bits per heavy atom. The van der Waals surface area contributed by atoms with Crippen molar-refractivity contribution >= 4 is 11.3 Å². The molecule has 1 aromatic heterocycles. The molecule has 0 aliphatic rings. The van der Waals surface area contributed by atoms with Crippen LogP contribution >= 0.6 is 11.3 Å². The third-order valence-corrected chi connectivity index (χ3v) is 2.26. The van der Waals surface area contributed by atoms with Gasteiger partial charge in [-0.3, -0.25) is 0 Å². The fourth-order valence-electron chi connectivity index (χ4n) is 0.764. The van der Waals surface area contributed by atoms with E-state index in [1.54, 1.807) is 18.4 Å². The first kappa shape index (κ1) is 7.72. The zero-order valence-corrected chi connectivity index (χ0v) is 6.73. The first-order valence-electron chi connectivity index (χ1n) is 3.12. The summed E-state index contributed by atoms with van der Waals surface area (Å²) < 4.78 is 4.91. The largest absolute Gasteiger partial charge is 0.383 e. The molecule has 1 unspecified atom stereocenters. The van der Waals surface area contributed by atoms with Crippen molar-refractivity contribution in [2.24, 2.45) is 5.73 Å². The first-order chi connectivity index (χ1) is 4.84. The van der Waals surface area contributed by atoms with Gasteiger partial charge in [0.15, 0.2) is 0 Å². The Hall–Kier alpha value is -0.380. The van der Waals surface area contributed by atoms with Gasteiger partial charge < -0.3 is 10.5 Å². The van der Waals surface area contributed by atoms with Crippen LogP contribution in [0.25, 0.3) is 0 Å². The van der Waals surface area contributed by atoms with Gasteiger partial charge in [-0.05, 0) is 11.4 Å². The average Bonchev–Trinajstić information content (AvgIpc) is 2.38. The molecule has 1 heterocycles. The summed E-state index contributed by atoms with van der Waals surface area (Å²) in [5.74, 6) is 0. The summed E-state index contributed by atoms with van der Waals surface area (Å²) in [6.45, 7) is 0.598. The molecule has 3 heteroatoms. The van der Waals surface area contributed by atoms with E-state index in [4.69, 9.17) is 10.5 Å². The molecule has 0 bridgehead atoms. The standard InChI is InChI=1S/C7H11NOS/c1-9-5-6(8)7-3-2-4-10-7/h2-4,6H,5,8H2,1H3. The number of nitrogens with two attached hydrogens (primary N) is 1. The zero-order chi connectivity index (χ0) is 7.40. The normalized spacial score (nSPS) is 13.4. The van der Waals surface area contributed by atoms with Crippen molar-refractivity contribution in [3.8, 4) is 0 Å². The smallest absolute Gasteiger partial charge is 0.0663 e. The van der Waals surface area contributed by atoms with E-state index in [1.165, 1.54) is 4.88 Å². The maximum absolute atomic E-state index is 5.74. The Bertz CT molecular complexity index is 174. The molecule has 0 saturated heterocycles. The Morgan fingerprint density at radius 3 is 3.10 bits per heavy atom. The second-order valence-corrected chi connectivity index (χ2v) is 3.06. The third-order valence-electron chi connectivity index (χ3n) is 1.25. The lowest BCUT2D eigenvalue weighted by atomic mass is 10.3. The third kappa shape index (κ3) is 1.80. The summed E-state index contributed by atoms with van der Waals surface area (Å²) in [5, 5.41) is 2.02.